The molecule has 34 heavy (non-hydrogen) atoms. The molecule has 0 aliphatic rings. The van der Waals surface area contributed by atoms with Crippen molar-refractivity contribution in [2.24, 2.45) is 0 Å². The van der Waals surface area contributed by atoms with Crippen molar-refractivity contribution in [1.29, 1.82) is 0 Å². The number of rotatable bonds is 7. The third-order valence-electron chi connectivity index (χ3n) is 3.05. The lowest BCUT2D eigenvalue weighted by Crippen LogP contribution is -2.62. The second-order valence-corrected chi connectivity index (χ2v) is 11.9. The second-order valence-electron chi connectivity index (χ2n) is 5.38. The van der Waals surface area contributed by atoms with Gasteiger partial charge in [0.2, 0.25) is 0 Å². The van der Waals surface area contributed by atoms with Gasteiger partial charge in [-0.05, 0) is 0 Å². The summed E-state index contributed by atoms with van der Waals surface area (Å²) in [5.41, 5.74) is 0. The normalized spacial score (nSPS) is 16.8. The Kier molecular flexibility index (Phi) is 7.52. The van der Waals surface area contributed by atoms with Crippen molar-refractivity contribution in [3.05, 3.63) is 3.91 Å². The minimum atomic E-state index is -9.67. The lowest BCUT2D eigenvalue weighted by atomic mass is 10.3. The van der Waals surface area contributed by atoms with Gasteiger partial charge in [-0.2, -0.15) is 74.6 Å². The molecule has 0 spiro atoms. The van der Waals surface area contributed by atoms with Crippen LogP contribution in [0.5, 0.6) is 0 Å². The summed E-state index contributed by atoms with van der Waals surface area (Å²) < 4.78 is 277. The van der Waals surface area contributed by atoms with Gasteiger partial charge in [0.1, 0.15) is 29.5 Å². The third-order valence-corrected chi connectivity index (χ3v) is 11.1. The average molecular weight is 611 g/mol. The van der Waals surface area contributed by atoms with Gasteiger partial charge in [-0.15, -0.1) is 0 Å². The Hall–Kier alpha value is -1.34. The molecule has 0 saturated heterocycles. The quantitative estimate of drug-likeness (QED) is 0.321. The lowest BCUT2D eigenvalue weighted by molar-refractivity contribution is -0.332. The molecule has 0 radical (unpaired) electrons. The summed E-state index contributed by atoms with van der Waals surface area (Å²) in [5.74, 6) is -8.38. The molecule has 0 bridgehead atoms. The zero-order valence-corrected chi connectivity index (χ0v) is 16.5. The Balaban J connectivity index is 8.02. The zero-order chi connectivity index (χ0) is 28.6. The molecule has 0 aliphatic heterocycles. The van der Waals surface area contributed by atoms with Crippen LogP contribution in [0.15, 0.2) is 0 Å². The van der Waals surface area contributed by atoms with Crippen LogP contribution in [0, 0.1) is 3.91 Å². The first-order valence-electron chi connectivity index (χ1n) is 6.44. The Bertz CT molecular complexity index is 1050. The monoisotopic (exact) mass is 611 g/mol. The molecular weight excluding hydrogens is 611 g/mol. The molecule has 0 atom stereocenters. The second kappa shape index (κ2) is 7.83. The van der Waals surface area contributed by atoms with Crippen LogP contribution in [0.2, 0.25) is 0 Å². The smallest absolute Gasteiger partial charge is 0.254 e. The largest absolute Gasteiger partial charge is 0.466 e. The molecule has 6 nitrogen and oxygen atoms in total. The highest BCUT2D eigenvalue weighted by molar-refractivity contribution is 8.29. The fourth-order valence-corrected chi connectivity index (χ4v) is 8.43. The fourth-order valence-electron chi connectivity index (χ4n) is 1.39. The summed E-state index contributed by atoms with van der Waals surface area (Å²) in [6.45, 7) is 0. The van der Waals surface area contributed by atoms with Crippen LogP contribution in [-0.2, 0) is 29.5 Å². The molecule has 0 unspecified atom stereocenters. The maximum atomic E-state index is 13.5. The van der Waals surface area contributed by atoms with Crippen LogP contribution < -0.4 is 0 Å². The maximum absolute atomic E-state index is 13.5. The van der Waals surface area contributed by atoms with Crippen LogP contribution >= 0.6 is 0 Å². The number of hydrogen-bond acceptors (Lipinski definition) is 6. The Labute approximate surface area is 174 Å². The van der Waals surface area contributed by atoms with E-state index in [4.69, 9.17) is 0 Å². The van der Waals surface area contributed by atoms with E-state index >= 15 is 0 Å². The van der Waals surface area contributed by atoms with Crippen molar-refractivity contribution in [3.63, 3.8) is 0 Å². The summed E-state index contributed by atoms with van der Waals surface area (Å²) in [7, 11) is -28.6. The lowest BCUT2D eigenvalue weighted by Gasteiger charge is -2.40. The predicted molar refractivity (Wildman–Crippen MR) is 68.0 cm³/mol. The van der Waals surface area contributed by atoms with Crippen LogP contribution in [0.25, 0.3) is 0 Å². The zero-order valence-electron chi connectivity index (χ0n) is 14.1. The first-order valence-corrected chi connectivity index (χ1v) is 10.9. The van der Waals surface area contributed by atoms with E-state index in [0.717, 1.165) is 0 Å². The minimum absolute atomic E-state index is 6.02. The number of hydrogen-bond donors (Lipinski definition) is 0. The molecule has 0 aromatic carbocycles. The summed E-state index contributed by atoms with van der Waals surface area (Å²) in [4.78, 5) is 0. The van der Waals surface area contributed by atoms with Crippen molar-refractivity contribution in [2.45, 2.75) is 40.2 Å². The molecule has 0 amide bonds. The molecule has 206 valence electrons. The number of halogens is 17. The SMILES string of the molecule is O=S(=O)([C-](S(=O)(=O)C(F)(F)C(F)(F)F)S(=O)(=O)C(F)(F)C(F)(F)C(F)(F)F)C(F)(F)C(F)(F)F. The van der Waals surface area contributed by atoms with Gasteiger partial charge in [0, 0.05) is 0 Å². The molecule has 0 heterocycles. The molecule has 0 N–H and O–H groups in total. The van der Waals surface area contributed by atoms with E-state index in [0.29, 0.717) is 0 Å². The van der Waals surface area contributed by atoms with Gasteiger partial charge < -0.3 is 0 Å². The number of alkyl halides is 17. The first-order chi connectivity index (χ1) is 14.1. The molecule has 0 aliphatic carbocycles. The van der Waals surface area contributed by atoms with E-state index < -0.39 is 73.6 Å². The van der Waals surface area contributed by atoms with Crippen molar-refractivity contribution in [1.82, 2.24) is 0 Å². The van der Waals surface area contributed by atoms with E-state index in [1.165, 1.54) is 0 Å². The Morgan fingerprint density at radius 3 is 0.735 bits per heavy atom. The minimum Gasteiger partial charge on any atom is -0.254 e. The van der Waals surface area contributed by atoms with Crippen molar-refractivity contribution >= 4 is 29.5 Å². The highest BCUT2D eigenvalue weighted by Crippen LogP contribution is 2.58. The summed E-state index contributed by atoms with van der Waals surface area (Å²) in [5, 5.41) is -25.1. The van der Waals surface area contributed by atoms with Gasteiger partial charge in [0.15, 0.2) is 0 Å². The van der Waals surface area contributed by atoms with Gasteiger partial charge in [0.25, 0.3) is 0 Å². The van der Waals surface area contributed by atoms with Crippen molar-refractivity contribution in [2.75, 3.05) is 0 Å². The molecule has 0 saturated carbocycles. The summed E-state index contributed by atoms with van der Waals surface area (Å²) in [6.07, 6.45) is -23.9. The molecule has 0 rings (SSSR count). The predicted octanol–water partition coefficient (Wildman–Crippen LogP) is 3.78. The molecule has 0 aromatic heterocycles. The first kappa shape index (κ1) is 32.7. The molecule has 0 fully saturated rings. The summed E-state index contributed by atoms with van der Waals surface area (Å²) >= 11 is 0. The summed E-state index contributed by atoms with van der Waals surface area (Å²) in [6, 6.07) is 0. The van der Waals surface area contributed by atoms with Gasteiger partial charge >= 0.3 is 40.2 Å². The molecular formula is C8F17O6S3-. The van der Waals surface area contributed by atoms with E-state index in [2.05, 4.69) is 0 Å². The van der Waals surface area contributed by atoms with E-state index in [9.17, 15) is 99.9 Å². The fraction of sp³-hybridized carbons (Fsp3) is 0.875. The average Bonchev–Trinajstić information content (AvgIpc) is 2.49. The number of sulfone groups is 3. The van der Waals surface area contributed by atoms with Crippen molar-refractivity contribution < 1.29 is 99.9 Å². The van der Waals surface area contributed by atoms with Crippen molar-refractivity contribution in [3.8, 4) is 0 Å². The topological polar surface area (TPSA) is 102 Å². The Morgan fingerprint density at radius 2 is 0.559 bits per heavy atom. The highest BCUT2D eigenvalue weighted by atomic mass is 32.3. The van der Waals surface area contributed by atoms with E-state index in [1.807, 2.05) is 0 Å². The van der Waals surface area contributed by atoms with E-state index in [1.54, 1.807) is 0 Å². The van der Waals surface area contributed by atoms with Gasteiger partial charge in [-0.1, -0.05) is 0 Å². The van der Waals surface area contributed by atoms with Gasteiger partial charge in [-0.25, -0.2) is 0 Å². The molecule has 0 aromatic rings. The van der Waals surface area contributed by atoms with Gasteiger partial charge in [0.05, 0.1) is 3.91 Å². The third kappa shape index (κ3) is 4.25. The highest BCUT2D eigenvalue weighted by Gasteiger charge is 2.81. The van der Waals surface area contributed by atoms with Crippen LogP contribution in [0.4, 0.5) is 74.6 Å². The molecule has 26 heteroatoms. The van der Waals surface area contributed by atoms with E-state index in [-0.39, 0.29) is 0 Å². The van der Waals surface area contributed by atoms with Gasteiger partial charge in [-0.3, -0.25) is 25.3 Å². The van der Waals surface area contributed by atoms with Crippen LogP contribution in [0.3, 0.4) is 0 Å². The standard InChI is InChI=1S/C8F17O6S3/c9-2(10,3(11,12)13)6(20,21)32(26,27)1(33(28,29)7(22,23)4(14,15)16)34(30,31)8(24,25)5(17,18)19/q-1. The van der Waals surface area contributed by atoms with Crippen LogP contribution in [0.1, 0.15) is 0 Å². The van der Waals surface area contributed by atoms with Crippen LogP contribution in [-0.4, -0.2) is 65.5 Å². The maximum Gasteiger partial charge on any atom is 0.466 e. The Morgan fingerprint density at radius 1 is 0.353 bits per heavy atom.